The van der Waals surface area contributed by atoms with Crippen LogP contribution in [0.1, 0.15) is 24.8 Å². The third-order valence-electron chi connectivity index (χ3n) is 3.98. The summed E-state index contributed by atoms with van der Waals surface area (Å²) in [4.78, 5) is 25.9. The fraction of sp³-hybridized carbons (Fsp3) is 0.529. The first-order valence-electron chi connectivity index (χ1n) is 7.89. The molecule has 0 radical (unpaired) electrons. The maximum Gasteiger partial charge on any atom is 0.241 e. The number of amides is 2. The van der Waals surface area contributed by atoms with Crippen molar-refractivity contribution in [2.45, 2.75) is 25.7 Å². The molecule has 0 atom stereocenters. The van der Waals surface area contributed by atoms with Gasteiger partial charge in [0.05, 0.1) is 27.2 Å². The molecule has 1 saturated heterocycles. The van der Waals surface area contributed by atoms with Gasteiger partial charge in [0.2, 0.25) is 11.8 Å². The van der Waals surface area contributed by atoms with E-state index in [0.29, 0.717) is 11.5 Å². The van der Waals surface area contributed by atoms with E-state index in [0.717, 1.165) is 31.5 Å². The molecule has 126 valence electrons. The topological polar surface area (TPSA) is 67.9 Å². The van der Waals surface area contributed by atoms with Gasteiger partial charge in [-0.1, -0.05) is 0 Å². The number of rotatable bonds is 6. The monoisotopic (exact) mass is 320 g/mol. The first-order valence-corrected chi connectivity index (χ1v) is 7.89. The van der Waals surface area contributed by atoms with Gasteiger partial charge in [0.15, 0.2) is 0 Å². The van der Waals surface area contributed by atoms with Crippen LogP contribution >= 0.6 is 0 Å². The minimum Gasteiger partial charge on any atom is -0.497 e. The summed E-state index contributed by atoms with van der Waals surface area (Å²) in [6, 6.07) is 5.31. The van der Waals surface area contributed by atoms with Crippen molar-refractivity contribution in [3.63, 3.8) is 0 Å². The van der Waals surface area contributed by atoms with Gasteiger partial charge >= 0.3 is 0 Å². The summed E-state index contributed by atoms with van der Waals surface area (Å²) in [5.41, 5.74) is 0.731. The highest BCUT2D eigenvalue weighted by Crippen LogP contribution is 2.24. The van der Waals surface area contributed by atoms with Gasteiger partial charge in [-0.05, 0) is 37.5 Å². The molecule has 0 spiro atoms. The van der Waals surface area contributed by atoms with Crippen molar-refractivity contribution >= 4 is 11.8 Å². The van der Waals surface area contributed by atoms with Crippen LogP contribution in [0.5, 0.6) is 11.5 Å². The molecule has 2 rings (SSSR count). The Bertz CT molecular complexity index is 554. The minimum absolute atomic E-state index is 0.0179. The Labute approximate surface area is 136 Å². The normalized spacial score (nSPS) is 14.3. The van der Waals surface area contributed by atoms with E-state index in [9.17, 15) is 9.59 Å². The first-order chi connectivity index (χ1) is 11.1. The van der Waals surface area contributed by atoms with E-state index in [1.807, 2.05) is 4.90 Å². The van der Waals surface area contributed by atoms with Gasteiger partial charge in [-0.25, -0.2) is 0 Å². The molecule has 1 N–H and O–H groups in total. The van der Waals surface area contributed by atoms with Crippen molar-refractivity contribution < 1.29 is 19.1 Å². The van der Waals surface area contributed by atoms with Gasteiger partial charge in [-0.2, -0.15) is 0 Å². The number of nitrogens with one attached hydrogen (secondary N) is 1. The second-order valence-electron chi connectivity index (χ2n) is 5.57. The van der Waals surface area contributed by atoms with Crippen LogP contribution in [0, 0.1) is 0 Å². The summed E-state index contributed by atoms with van der Waals surface area (Å²) in [6.45, 7) is 1.63. The number of piperidine rings is 1. The summed E-state index contributed by atoms with van der Waals surface area (Å²) in [5.74, 6) is 1.07. The van der Waals surface area contributed by atoms with Gasteiger partial charge in [0, 0.05) is 18.7 Å². The smallest absolute Gasteiger partial charge is 0.241 e. The van der Waals surface area contributed by atoms with E-state index in [2.05, 4.69) is 5.32 Å². The van der Waals surface area contributed by atoms with Crippen molar-refractivity contribution in [2.24, 2.45) is 0 Å². The molecule has 1 aliphatic rings. The summed E-state index contributed by atoms with van der Waals surface area (Å²) in [7, 11) is 3.13. The zero-order valence-corrected chi connectivity index (χ0v) is 13.8. The van der Waals surface area contributed by atoms with Crippen LogP contribution < -0.4 is 14.8 Å². The highest BCUT2D eigenvalue weighted by molar-refractivity contribution is 5.86. The molecular formula is C17H24N2O4. The van der Waals surface area contributed by atoms with E-state index in [1.54, 1.807) is 32.4 Å². The average Bonchev–Trinajstić information content (AvgIpc) is 2.60. The zero-order chi connectivity index (χ0) is 16.7. The molecule has 0 bridgehead atoms. The van der Waals surface area contributed by atoms with Crippen LogP contribution in [0.2, 0.25) is 0 Å². The highest BCUT2D eigenvalue weighted by atomic mass is 16.5. The van der Waals surface area contributed by atoms with Crippen molar-refractivity contribution in [3.8, 4) is 11.5 Å². The average molecular weight is 320 g/mol. The number of carbonyl (C=O) groups excluding carboxylic acids is 2. The van der Waals surface area contributed by atoms with Gasteiger partial charge < -0.3 is 19.7 Å². The maximum absolute atomic E-state index is 12.1. The number of nitrogens with zero attached hydrogens (tertiary/aromatic N) is 1. The first kappa shape index (κ1) is 17.1. The molecule has 1 fully saturated rings. The fourth-order valence-electron chi connectivity index (χ4n) is 2.68. The molecule has 1 aromatic carbocycles. The largest absolute Gasteiger partial charge is 0.497 e. The van der Waals surface area contributed by atoms with Crippen molar-refractivity contribution in [2.75, 3.05) is 33.9 Å². The predicted molar refractivity (Wildman–Crippen MR) is 86.7 cm³/mol. The molecule has 1 aliphatic heterocycles. The van der Waals surface area contributed by atoms with Crippen LogP contribution in [0.15, 0.2) is 18.2 Å². The lowest BCUT2D eigenvalue weighted by Gasteiger charge is -2.26. The summed E-state index contributed by atoms with van der Waals surface area (Å²) >= 11 is 0. The Morgan fingerprint density at radius 2 is 1.87 bits per heavy atom. The van der Waals surface area contributed by atoms with E-state index in [1.165, 1.54) is 6.42 Å². The SMILES string of the molecule is COc1ccc(OC)c(CC(=O)NCC(=O)N2CCCCC2)c1. The number of methoxy groups -OCH3 is 2. The summed E-state index contributed by atoms with van der Waals surface area (Å²) in [6.07, 6.45) is 3.40. The molecule has 1 aromatic rings. The molecule has 0 aliphatic carbocycles. The second-order valence-corrected chi connectivity index (χ2v) is 5.57. The van der Waals surface area contributed by atoms with Crippen molar-refractivity contribution in [1.82, 2.24) is 10.2 Å². The molecule has 2 amide bonds. The standard InChI is InChI=1S/C17H24N2O4/c1-22-14-6-7-15(23-2)13(10-14)11-16(20)18-12-17(21)19-8-4-3-5-9-19/h6-7,10H,3-5,8-9,11-12H2,1-2H3,(H,18,20). The third kappa shape index (κ3) is 4.87. The van der Waals surface area contributed by atoms with Crippen LogP contribution in [0.3, 0.4) is 0 Å². The van der Waals surface area contributed by atoms with Gasteiger partial charge in [0.1, 0.15) is 11.5 Å². The molecule has 1 heterocycles. The lowest BCUT2D eigenvalue weighted by Crippen LogP contribution is -2.42. The second kappa shape index (κ2) is 8.41. The number of hydrogen-bond acceptors (Lipinski definition) is 4. The number of benzene rings is 1. The lowest BCUT2D eigenvalue weighted by molar-refractivity contribution is -0.133. The van der Waals surface area contributed by atoms with Crippen molar-refractivity contribution in [1.29, 1.82) is 0 Å². The minimum atomic E-state index is -0.207. The maximum atomic E-state index is 12.1. The molecule has 0 aromatic heterocycles. The lowest BCUT2D eigenvalue weighted by atomic mass is 10.1. The molecule has 0 saturated carbocycles. The fourth-order valence-corrected chi connectivity index (χ4v) is 2.68. The number of carbonyl (C=O) groups is 2. The zero-order valence-electron chi connectivity index (χ0n) is 13.8. The Morgan fingerprint density at radius 3 is 2.52 bits per heavy atom. The Hall–Kier alpha value is -2.24. The van der Waals surface area contributed by atoms with Gasteiger partial charge in [-0.15, -0.1) is 0 Å². The Morgan fingerprint density at radius 1 is 1.13 bits per heavy atom. The molecular weight excluding hydrogens is 296 g/mol. The molecule has 23 heavy (non-hydrogen) atoms. The highest BCUT2D eigenvalue weighted by Gasteiger charge is 2.17. The third-order valence-corrected chi connectivity index (χ3v) is 3.98. The van der Waals surface area contributed by atoms with E-state index in [-0.39, 0.29) is 24.8 Å². The van der Waals surface area contributed by atoms with Crippen LogP contribution in [-0.4, -0.2) is 50.6 Å². The van der Waals surface area contributed by atoms with Crippen LogP contribution in [-0.2, 0) is 16.0 Å². The number of hydrogen-bond donors (Lipinski definition) is 1. The molecule has 6 heteroatoms. The molecule has 0 unspecified atom stereocenters. The summed E-state index contributed by atoms with van der Waals surface area (Å²) in [5, 5.41) is 2.69. The van der Waals surface area contributed by atoms with E-state index < -0.39 is 0 Å². The van der Waals surface area contributed by atoms with Gasteiger partial charge in [-0.3, -0.25) is 9.59 Å². The Balaban J connectivity index is 1.88. The van der Waals surface area contributed by atoms with E-state index >= 15 is 0 Å². The van der Waals surface area contributed by atoms with Crippen LogP contribution in [0.4, 0.5) is 0 Å². The summed E-state index contributed by atoms with van der Waals surface area (Å²) < 4.78 is 10.4. The van der Waals surface area contributed by atoms with E-state index in [4.69, 9.17) is 9.47 Å². The van der Waals surface area contributed by atoms with Gasteiger partial charge in [0.25, 0.3) is 0 Å². The predicted octanol–water partition coefficient (Wildman–Crippen LogP) is 1.37. The Kier molecular flexibility index (Phi) is 6.26. The molecule has 6 nitrogen and oxygen atoms in total. The quantitative estimate of drug-likeness (QED) is 0.860. The van der Waals surface area contributed by atoms with Crippen LogP contribution in [0.25, 0.3) is 0 Å². The number of likely N-dealkylation sites (tertiary alicyclic amines) is 1. The van der Waals surface area contributed by atoms with Crippen molar-refractivity contribution in [3.05, 3.63) is 23.8 Å². The number of ether oxygens (including phenoxy) is 2.